The average molecular weight is 371 g/mol. The van der Waals surface area contributed by atoms with Gasteiger partial charge in [-0.2, -0.15) is 0 Å². The summed E-state index contributed by atoms with van der Waals surface area (Å²) in [6.45, 7) is 4.48. The number of rotatable bonds is 5. The van der Waals surface area contributed by atoms with Crippen molar-refractivity contribution in [3.05, 3.63) is 82.7 Å². The maximum absolute atomic E-state index is 13.5. The van der Waals surface area contributed by atoms with Gasteiger partial charge < -0.3 is 4.90 Å². The lowest BCUT2D eigenvalue weighted by atomic mass is 10.1. The molecule has 0 aliphatic rings. The van der Waals surface area contributed by atoms with Gasteiger partial charge in [0.2, 0.25) is 0 Å². The van der Waals surface area contributed by atoms with Crippen LogP contribution in [0, 0.1) is 11.6 Å². The van der Waals surface area contributed by atoms with Crippen LogP contribution in [-0.2, 0) is 6.54 Å². The number of carbonyl (C=O) groups is 1. The van der Waals surface area contributed by atoms with Gasteiger partial charge >= 0.3 is 0 Å². The molecule has 0 bridgehead atoms. The molecule has 0 spiro atoms. The van der Waals surface area contributed by atoms with Crippen LogP contribution in [0.2, 0.25) is 0 Å². The second-order valence-electron chi connectivity index (χ2n) is 6.31. The van der Waals surface area contributed by atoms with E-state index in [0.29, 0.717) is 17.0 Å². The summed E-state index contributed by atoms with van der Waals surface area (Å²) in [5.41, 5.74) is 1.62. The highest BCUT2D eigenvalue weighted by Crippen LogP contribution is 2.30. The molecule has 2 nitrogen and oxygen atoms in total. The Hall–Kier alpha value is -2.53. The van der Waals surface area contributed by atoms with E-state index in [9.17, 15) is 13.6 Å². The number of amides is 1. The van der Waals surface area contributed by atoms with E-state index in [1.54, 1.807) is 17.0 Å². The van der Waals surface area contributed by atoms with Crippen molar-refractivity contribution in [2.75, 3.05) is 0 Å². The molecule has 3 aromatic rings. The number of hydrogen-bond acceptors (Lipinski definition) is 2. The van der Waals surface area contributed by atoms with Crippen molar-refractivity contribution in [2.24, 2.45) is 0 Å². The zero-order valence-corrected chi connectivity index (χ0v) is 15.4. The Morgan fingerprint density at radius 2 is 1.73 bits per heavy atom. The Labute approximate surface area is 155 Å². The molecule has 1 aromatic heterocycles. The van der Waals surface area contributed by atoms with Crippen LogP contribution in [0.25, 0.3) is 10.4 Å². The third kappa shape index (κ3) is 3.99. The standard InChI is InChI=1S/C21H19F2NOS/c1-14(2)24(13-15-6-4-3-5-7-15)21(25)20-11-10-19(26-20)16-8-9-17(22)18(23)12-16/h3-12,14H,13H2,1-2H3. The summed E-state index contributed by atoms with van der Waals surface area (Å²) >= 11 is 1.28. The molecule has 0 radical (unpaired) electrons. The van der Waals surface area contributed by atoms with Crippen LogP contribution in [0.5, 0.6) is 0 Å². The average Bonchev–Trinajstić information content (AvgIpc) is 3.12. The van der Waals surface area contributed by atoms with Crippen LogP contribution in [-0.4, -0.2) is 16.8 Å². The third-order valence-electron chi connectivity index (χ3n) is 4.10. The van der Waals surface area contributed by atoms with E-state index in [0.717, 1.165) is 22.6 Å². The summed E-state index contributed by atoms with van der Waals surface area (Å²) < 4.78 is 26.6. The first-order valence-electron chi connectivity index (χ1n) is 8.36. The first kappa shape index (κ1) is 18.3. The summed E-state index contributed by atoms with van der Waals surface area (Å²) in [6.07, 6.45) is 0. The van der Waals surface area contributed by atoms with Gasteiger partial charge in [0.25, 0.3) is 5.91 Å². The van der Waals surface area contributed by atoms with Gasteiger partial charge in [-0.3, -0.25) is 4.79 Å². The minimum absolute atomic E-state index is 0.0384. The predicted octanol–water partition coefficient (Wildman–Crippen LogP) is 5.74. The minimum Gasteiger partial charge on any atom is -0.331 e. The summed E-state index contributed by atoms with van der Waals surface area (Å²) in [4.78, 5) is 16.1. The fourth-order valence-electron chi connectivity index (χ4n) is 2.67. The molecule has 0 aliphatic heterocycles. The van der Waals surface area contributed by atoms with Crippen molar-refractivity contribution >= 4 is 17.2 Å². The summed E-state index contributed by atoms with van der Waals surface area (Å²) in [5.74, 6) is -1.84. The first-order chi connectivity index (χ1) is 12.5. The normalized spacial score (nSPS) is 11.0. The largest absolute Gasteiger partial charge is 0.331 e. The summed E-state index contributed by atoms with van der Waals surface area (Å²) in [6, 6.07) is 17.1. The van der Waals surface area contributed by atoms with Crippen LogP contribution in [0.15, 0.2) is 60.7 Å². The zero-order chi connectivity index (χ0) is 18.7. The van der Waals surface area contributed by atoms with Crippen molar-refractivity contribution in [3.8, 4) is 10.4 Å². The molecule has 0 fully saturated rings. The van der Waals surface area contributed by atoms with Crippen molar-refractivity contribution < 1.29 is 13.6 Å². The van der Waals surface area contributed by atoms with Crippen molar-refractivity contribution in [3.63, 3.8) is 0 Å². The summed E-state index contributed by atoms with van der Waals surface area (Å²) in [5, 5.41) is 0. The number of thiophene rings is 1. The molecular formula is C21H19F2NOS. The number of nitrogens with zero attached hydrogens (tertiary/aromatic N) is 1. The highest BCUT2D eigenvalue weighted by Gasteiger charge is 2.21. The molecule has 5 heteroatoms. The summed E-state index contributed by atoms with van der Waals surface area (Å²) in [7, 11) is 0. The van der Waals surface area contributed by atoms with E-state index in [1.165, 1.54) is 17.4 Å². The molecule has 26 heavy (non-hydrogen) atoms. The lowest BCUT2D eigenvalue weighted by molar-refractivity contribution is 0.0695. The number of halogens is 2. The van der Waals surface area contributed by atoms with Gasteiger partial charge in [-0.05, 0) is 49.2 Å². The van der Waals surface area contributed by atoms with E-state index < -0.39 is 11.6 Å². The fraction of sp³-hybridized carbons (Fsp3) is 0.190. The van der Waals surface area contributed by atoms with E-state index >= 15 is 0 Å². The lowest BCUT2D eigenvalue weighted by Crippen LogP contribution is -2.35. The Balaban J connectivity index is 1.84. The molecule has 0 N–H and O–H groups in total. The topological polar surface area (TPSA) is 20.3 Å². The van der Waals surface area contributed by atoms with Gasteiger partial charge in [-0.1, -0.05) is 36.4 Å². The van der Waals surface area contributed by atoms with E-state index in [2.05, 4.69) is 0 Å². The lowest BCUT2D eigenvalue weighted by Gasteiger charge is -2.26. The maximum atomic E-state index is 13.5. The molecule has 0 aliphatic carbocycles. The fourth-order valence-corrected chi connectivity index (χ4v) is 3.63. The molecule has 0 saturated carbocycles. The molecule has 1 heterocycles. The molecule has 134 valence electrons. The van der Waals surface area contributed by atoms with Crippen molar-refractivity contribution in [1.29, 1.82) is 0 Å². The molecule has 0 unspecified atom stereocenters. The molecule has 1 amide bonds. The maximum Gasteiger partial charge on any atom is 0.264 e. The minimum atomic E-state index is -0.892. The number of carbonyl (C=O) groups excluding carboxylic acids is 1. The van der Waals surface area contributed by atoms with E-state index in [1.807, 2.05) is 44.2 Å². The van der Waals surface area contributed by atoms with Crippen LogP contribution >= 0.6 is 11.3 Å². The van der Waals surface area contributed by atoms with Gasteiger partial charge in [0.15, 0.2) is 11.6 Å². The third-order valence-corrected chi connectivity index (χ3v) is 5.22. The second kappa shape index (κ2) is 7.79. The van der Waals surface area contributed by atoms with Gasteiger partial charge in [-0.15, -0.1) is 11.3 Å². The van der Waals surface area contributed by atoms with E-state index in [4.69, 9.17) is 0 Å². The van der Waals surface area contributed by atoms with Gasteiger partial charge in [0.1, 0.15) is 0 Å². The van der Waals surface area contributed by atoms with Crippen molar-refractivity contribution in [2.45, 2.75) is 26.4 Å². The second-order valence-corrected chi connectivity index (χ2v) is 7.39. The highest BCUT2D eigenvalue weighted by molar-refractivity contribution is 7.17. The van der Waals surface area contributed by atoms with Crippen LogP contribution < -0.4 is 0 Å². The molecule has 3 rings (SSSR count). The Morgan fingerprint density at radius 1 is 1.00 bits per heavy atom. The highest BCUT2D eigenvalue weighted by atomic mass is 32.1. The Bertz CT molecular complexity index is 905. The number of benzene rings is 2. The Kier molecular flexibility index (Phi) is 5.47. The number of hydrogen-bond donors (Lipinski definition) is 0. The first-order valence-corrected chi connectivity index (χ1v) is 9.17. The molecule has 0 atom stereocenters. The van der Waals surface area contributed by atoms with Gasteiger partial charge in [0, 0.05) is 17.5 Å². The van der Waals surface area contributed by atoms with E-state index in [-0.39, 0.29) is 11.9 Å². The Morgan fingerprint density at radius 3 is 2.38 bits per heavy atom. The quantitative estimate of drug-likeness (QED) is 0.560. The van der Waals surface area contributed by atoms with Crippen LogP contribution in [0.1, 0.15) is 29.1 Å². The predicted molar refractivity (Wildman–Crippen MR) is 101 cm³/mol. The van der Waals surface area contributed by atoms with Gasteiger partial charge in [0.05, 0.1) is 4.88 Å². The monoisotopic (exact) mass is 371 g/mol. The van der Waals surface area contributed by atoms with Crippen LogP contribution in [0.4, 0.5) is 8.78 Å². The molecular weight excluding hydrogens is 352 g/mol. The molecule has 0 saturated heterocycles. The zero-order valence-electron chi connectivity index (χ0n) is 14.6. The van der Waals surface area contributed by atoms with Gasteiger partial charge in [-0.25, -0.2) is 8.78 Å². The smallest absolute Gasteiger partial charge is 0.264 e. The molecule has 2 aromatic carbocycles. The van der Waals surface area contributed by atoms with Crippen LogP contribution in [0.3, 0.4) is 0 Å². The van der Waals surface area contributed by atoms with Crippen molar-refractivity contribution in [1.82, 2.24) is 4.90 Å². The SMILES string of the molecule is CC(C)N(Cc1ccccc1)C(=O)c1ccc(-c2ccc(F)c(F)c2)s1.